The van der Waals surface area contributed by atoms with Crippen LogP contribution in [0, 0.1) is 0 Å². The molecule has 2 unspecified atom stereocenters. The van der Waals surface area contributed by atoms with Crippen molar-refractivity contribution in [3.8, 4) is 0 Å². The highest BCUT2D eigenvalue weighted by Crippen LogP contribution is 2.85. The lowest BCUT2D eigenvalue weighted by Gasteiger charge is -2.42. The third-order valence-electron chi connectivity index (χ3n) is 6.99. The van der Waals surface area contributed by atoms with Gasteiger partial charge in [0, 0.05) is 28.2 Å². The maximum atomic E-state index is 14.8. The molecule has 2 fully saturated rings. The van der Waals surface area contributed by atoms with Gasteiger partial charge in [0.25, 0.3) is 0 Å². The van der Waals surface area contributed by atoms with E-state index in [1.165, 1.54) is 0 Å². The van der Waals surface area contributed by atoms with Gasteiger partial charge in [0.1, 0.15) is 5.54 Å². The first-order chi connectivity index (χ1) is 16.2. The van der Waals surface area contributed by atoms with Gasteiger partial charge in [0.2, 0.25) is 5.91 Å². The monoisotopic (exact) mass is 578 g/mol. The lowest BCUT2D eigenvalue weighted by atomic mass is 9.88. The van der Waals surface area contributed by atoms with Crippen molar-refractivity contribution in [2.24, 2.45) is 0 Å². The number of halogens is 1. The second-order valence-electron chi connectivity index (χ2n) is 8.58. The molecule has 1 amide bonds. The Hall–Kier alpha value is -0.570. The zero-order valence-electron chi connectivity index (χ0n) is 20.0. The quantitative estimate of drug-likeness (QED) is 0.353. The largest absolute Gasteiger partial charge is 0.350 e. The Morgan fingerprint density at radius 1 is 1.03 bits per heavy atom. The number of nitrogens with one attached hydrogen (secondary N) is 1. The fraction of sp³-hybridized carbons (Fsp3) is 0.682. The topological polar surface area (TPSA) is 103 Å². The Balaban J connectivity index is 2.04. The summed E-state index contributed by atoms with van der Waals surface area (Å²) in [6, 6.07) is 5.04. The molecule has 9 nitrogen and oxygen atoms in total. The molecule has 1 N–H and O–H groups in total. The van der Waals surface area contributed by atoms with Gasteiger partial charge in [-0.1, -0.05) is 15.9 Å². The fourth-order valence-corrected chi connectivity index (χ4v) is 12.8. The summed E-state index contributed by atoms with van der Waals surface area (Å²) in [5, 5.41) is 2.99. The minimum Gasteiger partial charge on any atom is -0.324 e. The molecule has 4 rings (SSSR count). The maximum Gasteiger partial charge on any atom is 0.350 e. The molecule has 0 saturated carbocycles. The molecule has 0 bridgehead atoms. The van der Waals surface area contributed by atoms with E-state index in [1.54, 1.807) is 27.7 Å². The summed E-state index contributed by atoms with van der Waals surface area (Å²) in [4.78, 5) is 14.1. The molecule has 3 aliphatic rings. The van der Waals surface area contributed by atoms with Gasteiger partial charge in [-0.05, 0) is 65.3 Å². The second-order valence-corrected chi connectivity index (χ2v) is 14.5. The first kappa shape index (κ1) is 26.5. The minimum atomic E-state index is -4.12. The fourth-order valence-electron chi connectivity index (χ4n) is 5.99. The molecular formula is C22H33BrN2O7P2. The summed E-state index contributed by atoms with van der Waals surface area (Å²) in [5.41, 5.74) is 0.230. The molecular weight excluding hydrogens is 546 g/mol. The lowest BCUT2D eigenvalue weighted by molar-refractivity contribution is -0.126. The van der Waals surface area contributed by atoms with Crippen LogP contribution in [-0.4, -0.2) is 54.7 Å². The summed E-state index contributed by atoms with van der Waals surface area (Å²) in [7, 11) is -8.25. The summed E-state index contributed by atoms with van der Waals surface area (Å²) in [6.45, 7) is 7.81. The number of benzene rings is 1. The third-order valence-corrected chi connectivity index (χ3v) is 14.2. The first-order valence-corrected chi connectivity index (χ1v) is 15.7. The molecule has 190 valence electrons. The van der Waals surface area contributed by atoms with Gasteiger partial charge in [-0.3, -0.25) is 18.8 Å². The Morgan fingerprint density at radius 2 is 1.59 bits per heavy atom. The Morgan fingerprint density at radius 3 is 2.12 bits per heavy atom. The van der Waals surface area contributed by atoms with Crippen molar-refractivity contribution < 1.29 is 32.0 Å². The standard InChI is InChI=1S/C22H33BrN2O7P2/c1-5-29-33(27,30-6-2)22(34(28,31-7-3)32-8-4)15-21(25-13-9-10-19(22)25)17-14-16(23)11-12-18(17)24-20(21)26/h11-12,14,19H,5-10,13,15H2,1-4H3,(H,24,26). The lowest BCUT2D eigenvalue weighted by Crippen LogP contribution is -2.47. The predicted molar refractivity (Wildman–Crippen MR) is 133 cm³/mol. The van der Waals surface area contributed by atoms with Crippen molar-refractivity contribution in [1.29, 1.82) is 0 Å². The Kier molecular flexibility index (Phi) is 7.57. The average Bonchev–Trinajstić information content (AvgIpc) is 3.44. The number of nitrogens with zero attached hydrogens (tertiary/aromatic N) is 1. The van der Waals surface area contributed by atoms with E-state index in [4.69, 9.17) is 18.1 Å². The van der Waals surface area contributed by atoms with Crippen LogP contribution in [0.3, 0.4) is 0 Å². The smallest absolute Gasteiger partial charge is 0.324 e. The zero-order valence-corrected chi connectivity index (χ0v) is 23.4. The van der Waals surface area contributed by atoms with Crippen LogP contribution < -0.4 is 5.32 Å². The first-order valence-electron chi connectivity index (χ1n) is 11.9. The van der Waals surface area contributed by atoms with E-state index in [0.29, 0.717) is 18.7 Å². The van der Waals surface area contributed by atoms with E-state index in [-0.39, 0.29) is 38.8 Å². The Labute approximate surface area is 209 Å². The average molecular weight is 579 g/mol. The van der Waals surface area contributed by atoms with Crippen LogP contribution in [0.25, 0.3) is 0 Å². The molecule has 1 spiro atoms. The summed E-state index contributed by atoms with van der Waals surface area (Å²) >= 11 is 3.53. The van der Waals surface area contributed by atoms with E-state index >= 15 is 0 Å². The number of hydrogen-bond acceptors (Lipinski definition) is 8. The zero-order chi connectivity index (χ0) is 24.8. The molecule has 2 atom stereocenters. The highest BCUT2D eigenvalue weighted by Gasteiger charge is 2.80. The predicted octanol–water partition coefficient (Wildman–Crippen LogP) is 5.69. The SMILES string of the molecule is CCOP(=O)(OCC)C1(P(=O)(OCC)OCC)CC2(C(=O)Nc3ccc(Br)cc32)N2CCCC21. The molecule has 0 aliphatic carbocycles. The van der Waals surface area contributed by atoms with E-state index in [1.807, 2.05) is 23.1 Å². The molecule has 0 radical (unpaired) electrons. The normalized spacial score (nSPS) is 26.1. The van der Waals surface area contributed by atoms with Crippen molar-refractivity contribution in [2.75, 3.05) is 38.3 Å². The number of rotatable bonds is 10. The number of fused-ring (bicyclic) bond motifs is 4. The number of carbonyl (C=O) groups is 1. The molecule has 12 heteroatoms. The van der Waals surface area contributed by atoms with E-state index in [0.717, 1.165) is 16.5 Å². The van der Waals surface area contributed by atoms with Crippen molar-refractivity contribution in [3.63, 3.8) is 0 Å². The van der Waals surface area contributed by atoms with Crippen LogP contribution in [0.4, 0.5) is 5.69 Å². The van der Waals surface area contributed by atoms with Gasteiger partial charge >= 0.3 is 15.2 Å². The van der Waals surface area contributed by atoms with Crippen molar-refractivity contribution in [2.45, 2.75) is 63.4 Å². The Bertz CT molecular complexity index is 1000. The highest BCUT2D eigenvalue weighted by atomic mass is 79.9. The number of anilines is 1. The minimum absolute atomic E-state index is 0.0610. The summed E-state index contributed by atoms with van der Waals surface area (Å²) < 4.78 is 53.9. The molecule has 34 heavy (non-hydrogen) atoms. The van der Waals surface area contributed by atoms with Gasteiger partial charge in [0.15, 0.2) is 4.90 Å². The van der Waals surface area contributed by atoms with Crippen LogP contribution in [0.2, 0.25) is 0 Å². The second kappa shape index (κ2) is 9.71. The van der Waals surface area contributed by atoms with Gasteiger partial charge in [-0.15, -0.1) is 0 Å². The molecule has 1 aromatic carbocycles. The van der Waals surface area contributed by atoms with Crippen LogP contribution in [0.5, 0.6) is 0 Å². The molecule has 3 aliphatic heterocycles. The highest BCUT2D eigenvalue weighted by molar-refractivity contribution is 9.10. The van der Waals surface area contributed by atoms with Crippen LogP contribution >= 0.6 is 31.1 Å². The van der Waals surface area contributed by atoms with Gasteiger partial charge in [-0.2, -0.15) is 0 Å². The third kappa shape index (κ3) is 3.56. The number of hydrogen-bond donors (Lipinski definition) is 1. The molecule has 3 heterocycles. The van der Waals surface area contributed by atoms with Crippen LogP contribution in [0.15, 0.2) is 22.7 Å². The van der Waals surface area contributed by atoms with Crippen molar-refractivity contribution >= 4 is 42.7 Å². The molecule has 1 aromatic rings. The van der Waals surface area contributed by atoms with Crippen LogP contribution in [-0.2, 0) is 37.6 Å². The molecule has 0 aromatic heterocycles. The molecule has 2 saturated heterocycles. The maximum absolute atomic E-state index is 14.8. The summed E-state index contributed by atoms with van der Waals surface area (Å²) in [6.07, 6.45) is 1.24. The van der Waals surface area contributed by atoms with Crippen molar-refractivity contribution in [1.82, 2.24) is 4.90 Å². The van der Waals surface area contributed by atoms with Gasteiger partial charge in [0.05, 0.1) is 26.4 Å². The van der Waals surface area contributed by atoms with Crippen molar-refractivity contribution in [3.05, 3.63) is 28.2 Å². The van der Waals surface area contributed by atoms with Crippen LogP contribution in [0.1, 0.15) is 52.5 Å². The summed E-state index contributed by atoms with van der Waals surface area (Å²) in [5.74, 6) is -0.242. The van der Waals surface area contributed by atoms with E-state index in [2.05, 4.69) is 21.2 Å². The van der Waals surface area contributed by atoms with E-state index < -0.39 is 31.7 Å². The van der Waals surface area contributed by atoms with Gasteiger partial charge < -0.3 is 23.4 Å². The van der Waals surface area contributed by atoms with Gasteiger partial charge in [-0.25, -0.2) is 0 Å². The number of amides is 1. The van der Waals surface area contributed by atoms with E-state index in [9.17, 15) is 13.9 Å². The number of carbonyl (C=O) groups excluding carboxylic acids is 1.